The van der Waals surface area contributed by atoms with Crippen LogP contribution in [0.25, 0.3) is 0 Å². The van der Waals surface area contributed by atoms with Gasteiger partial charge in [0.25, 0.3) is 5.91 Å². The van der Waals surface area contributed by atoms with Gasteiger partial charge in [0.2, 0.25) is 0 Å². The van der Waals surface area contributed by atoms with Crippen molar-refractivity contribution in [1.82, 2.24) is 10.2 Å². The Morgan fingerprint density at radius 2 is 2.11 bits per heavy atom. The summed E-state index contributed by atoms with van der Waals surface area (Å²) >= 11 is 0. The van der Waals surface area contributed by atoms with E-state index in [1.807, 2.05) is 19.0 Å². The van der Waals surface area contributed by atoms with E-state index in [9.17, 15) is 9.90 Å². The van der Waals surface area contributed by atoms with Crippen LogP contribution in [-0.2, 0) is 4.74 Å². The second kappa shape index (κ2) is 7.76. The number of phenols is 1. The number of rotatable bonds is 7. The minimum Gasteiger partial charge on any atom is -0.508 e. The summed E-state index contributed by atoms with van der Waals surface area (Å²) in [7, 11) is 3.97. The van der Waals surface area contributed by atoms with Crippen molar-refractivity contribution in [3.63, 3.8) is 0 Å². The molecule has 0 saturated carbocycles. The van der Waals surface area contributed by atoms with Crippen molar-refractivity contribution in [3.8, 4) is 5.75 Å². The Labute approximate surface area is 114 Å². The van der Waals surface area contributed by atoms with Crippen LogP contribution in [0.3, 0.4) is 0 Å². The average Bonchev–Trinajstić information content (AvgIpc) is 2.32. The molecule has 0 saturated heterocycles. The first-order chi connectivity index (χ1) is 9.00. The predicted molar refractivity (Wildman–Crippen MR) is 74.6 cm³/mol. The summed E-state index contributed by atoms with van der Waals surface area (Å²) < 4.78 is 5.38. The zero-order valence-electron chi connectivity index (χ0n) is 11.8. The molecule has 1 amide bonds. The number of aryl methyl sites for hydroxylation is 1. The second-order valence-electron chi connectivity index (χ2n) is 4.67. The molecule has 2 N–H and O–H groups in total. The van der Waals surface area contributed by atoms with E-state index >= 15 is 0 Å². The number of ether oxygens (including phenoxy) is 1. The maximum atomic E-state index is 11.9. The molecular formula is C14H22N2O3. The van der Waals surface area contributed by atoms with Crippen molar-refractivity contribution >= 4 is 5.91 Å². The number of carbonyl (C=O) groups excluding carboxylic acids is 1. The van der Waals surface area contributed by atoms with Crippen molar-refractivity contribution in [2.24, 2.45) is 0 Å². The van der Waals surface area contributed by atoms with Crippen LogP contribution in [-0.4, -0.2) is 56.3 Å². The van der Waals surface area contributed by atoms with Crippen LogP contribution in [0, 0.1) is 6.92 Å². The van der Waals surface area contributed by atoms with Gasteiger partial charge in [-0.05, 0) is 44.8 Å². The van der Waals surface area contributed by atoms with Crippen molar-refractivity contribution in [1.29, 1.82) is 0 Å². The number of nitrogens with one attached hydrogen (secondary N) is 1. The molecule has 0 aliphatic carbocycles. The van der Waals surface area contributed by atoms with Crippen LogP contribution in [0.2, 0.25) is 0 Å². The fourth-order valence-electron chi connectivity index (χ4n) is 1.58. The third-order valence-corrected chi connectivity index (χ3v) is 2.67. The number of likely N-dealkylation sites (N-methyl/N-ethyl adjacent to an activating group) is 1. The van der Waals surface area contributed by atoms with Crippen LogP contribution in [0.15, 0.2) is 18.2 Å². The van der Waals surface area contributed by atoms with Gasteiger partial charge in [0.05, 0.1) is 13.2 Å². The molecule has 0 aromatic heterocycles. The molecule has 0 radical (unpaired) electrons. The standard InChI is InChI=1S/C14H22N2O3/c1-11-10-12(17)4-5-13(11)14(18)15-6-8-19-9-7-16(2)3/h4-5,10,17H,6-9H2,1-3H3,(H,15,18). The van der Waals surface area contributed by atoms with E-state index in [0.717, 1.165) is 12.1 Å². The quantitative estimate of drug-likeness (QED) is 0.723. The van der Waals surface area contributed by atoms with Crippen molar-refractivity contribution < 1.29 is 14.6 Å². The second-order valence-corrected chi connectivity index (χ2v) is 4.67. The molecule has 1 aromatic rings. The maximum Gasteiger partial charge on any atom is 0.251 e. The Bertz CT molecular complexity index is 419. The monoisotopic (exact) mass is 266 g/mol. The van der Waals surface area contributed by atoms with Crippen LogP contribution >= 0.6 is 0 Å². The molecule has 0 unspecified atom stereocenters. The molecule has 0 aliphatic rings. The predicted octanol–water partition coefficient (Wildman–Crippen LogP) is 1.01. The van der Waals surface area contributed by atoms with E-state index < -0.39 is 0 Å². The molecule has 1 rings (SSSR count). The highest BCUT2D eigenvalue weighted by molar-refractivity contribution is 5.95. The van der Waals surface area contributed by atoms with E-state index in [-0.39, 0.29) is 11.7 Å². The lowest BCUT2D eigenvalue weighted by Gasteiger charge is -2.11. The number of hydrogen-bond donors (Lipinski definition) is 2. The van der Waals surface area contributed by atoms with E-state index in [1.54, 1.807) is 19.1 Å². The number of benzene rings is 1. The summed E-state index contributed by atoms with van der Waals surface area (Å²) in [6.07, 6.45) is 0. The molecule has 19 heavy (non-hydrogen) atoms. The fraction of sp³-hybridized carbons (Fsp3) is 0.500. The van der Waals surface area contributed by atoms with Crippen LogP contribution < -0.4 is 5.32 Å². The highest BCUT2D eigenvalue weighted by Crippen LogP contribution is 2.15. The number of hydrogen-bond acceptors (Lipinski definition) is 4. The molecule has 0 heterocycles. The summed E-state index contributed by atoms with van der Waals surface area (Å²) in [5.41, 5.74) is 1.33. The van der Waals surface area contributed by atoms with Crippen LogP contribution in [0.1, 0.15) is 15.9 Å². The maximum absolute atomic E-state index is 11.9. The minimum absolute atomic E-state index is 0.145. The minimum atomic E-state index is -0.145. The molecular weight excluding hydrogens is 244 g/mol. The lowest BCUT2D eigenvalue weighted by atomic mass is 10.1. The molecule has 0 spiro atoms. The molecule has 1 aromatic carbocycles. The SMILES string of the molecule is Cc1cc(O)ccc1C(=O)NCCOCCN(C)C. The third-order valence-electron chi connectivity index (χ3n) is 2.67. The van der Waals surface area contributed by atoms with Crippen molar-refractivity contribution in [3.05, 3.63) is 29.3 Å². The van der Waals surface area contributed by atoms with E-state index in [4.69, 9.17) is 4.74 Å². The summed E-state index contributed by atoms with van der Waals surface area (Å²) in [4.78, 5) is 13.9. The number of aromatic hydroxyl groups is 1. The van der Waals surface area contributed by atoms with Gasteiger partial charge in [0.1, 0.15) is 5.75 Å². The molecule has 5 nitrogen and oxygen atoms in total. The van der Waals surface area contributed by atoms with E-state index in [0.29, 0.717) is 25.3 Å². The lowest BCUT2D eigenvalue weighted by Crippen LogP contribution is -2.28. The van der Waals surface area contributed by atoms with Gasteiger partial charge in [-0.2, -0.15) is 0 Å². The Morgan fingerprint density at radius 3 is 2.74 bits per heavy atom. The first kappa shape index (κ1) is 15.5. The highest BCUT2D eigenvalue weighted by Gasteiger charge is 2.08. The van der Waals surface area contributed by atoms with Gasteiger partial charge in [-0.3, -0.25) is 4.79 Å². The normalized spacial score (nSPS) is 10.7. The third kappa shape index (κ3) is 5.72. The summed E-state index contributed by atoms with van der Waals surface area (Å²) in [5.74, 6) is 0.0229. The Balaban J connectivity index is 2.28. The fourth-order valence-corrected chi connectivity index (χ4v) is 1.58. The van der Waals surface area contributed by atoms with Crippen molar-refractivity contribution in [2.45, 2.75) is 6.92 Å². The molecule has 5 heteroatoms. The molecule has 0 atom stereocenters. The van der Waals surface area contributed by atoms with Gasteiger partial charge in [-0.15, -0.1) is 0 Å². The number of phenolic OH excluding ortho intramolecular Hbond substituents is 1. The van der Waals surface area contributed by atoms with E-state index in [1.165, 1.54) is 6.07 Å². The Morgan fingerprint density at radius 1 is 1.37 bits per heavy atom. The first-order valence-electron chi connectivity index (χ1n) is 6.31. The van der Waals surface area contributed by atoms with Gasteiger partial charge in [-0.1, -0.05) is 0 Å². The topological polar surface area (TPSA) is 61.8 Å². The number of amides is 1. The average molecular weight is 266 g/mol. The number of nitrogens with zero attached hydrogens (tertiary/aromatic N) is 1. The van der Waals surface area contributed by atoms with Crippen molar-refractivity contribution in [2.75, 3.05) is 40.4 Å². The molecule has 106 valence electrons. The summed E-state index contributed by atoms with van der Waals surface area (Å²) in [5, 5.41) is 12.1. The Kier molecular flexibility index (Phi) is 6.32. The highest BCUT2D eigenvalue weighted by atomic mass is 16.5. The zero-order valence-corrected chi connectivity index (χ0v) is 11.8. The number of carbonyl (C=O) groups is 1. The van der Waals surface area contributed by atoms with Gasteiger partial charge in [0.15, 0.2) is 0 Å². The van der Waals surface area contributed by atoms with Crippen LogP contribution in [0.4, 0.5) is 0 Å². The molecule has 0 aliphatic heterocycles. The molecule has 0 bridgehead atoms. The Hall–Kier alpha value is -1.59. The van der Waals surface area contributed by atoms with Crippen LogP contribution in [0.5, 0.6) is 5.75 Å². The largest absolute Gasteiger partial charge is 0.508 e. The molecule has 0 fully saturated rings. The lowest BCUT2D eigenvalue weighted by molar-refractivity contribution is 0.0899. The zero-order chi connectivity index (χ0) is 14.3. The summed E-state index contributed by atoms with van der Waals surface area (Å²) in [6.45, 7) is 4.29. The van der Waals surface area contributed by atoms with Gasteiger partial charge < -0.3 is 20.1 Å². The smallest absolute Gasteiger partial charge is 0.251 e. The van der Waals surface area contributed by atoms with Gasteiger partial charge in [0, 0.05) is 18.7 Å². The van der Waals surface area contributed by atoms with E-state index in [2.05, 4.69) is 5.32 Å². The summed E-state index contributed by atoms with van der Waals surface area (Å²) in [6, 6.07) is 4.70. The van der Waals surface area contributed by atoms with Gasteiger partial charge >= 0.3 is 0 Å². The van der Waals surface area contributed by atoms with Gasteiger partial charge in [-0.25, -0.2) is 0 Å². The first-order valence-corrected chi connectivity index (χ1v) is 6.31.